The first-order valence-electron chi connectivity index (χ1n) is 7.08. The van der Waals surface area contributed by atoms with Crippen molar-refractivity contribution >= 4 is 44.9 Å². The highest BCUT2D eigenvalue weighted by Crippen LogP contribution is 2.26. The topological polar surface area (TPSA) is 59.3 Å². The van der Waals surface area contributed by atoms with Crippen LogP contribution in [0.2, 0.25) is 0 Å². The fraction of sp³-hybridized carbons (Fsp3) is 0.188. The number of rotatable bonds is 4. The Hall–Kier alpha value is -1.86. The van der Waals surface area contributed by atoms with Gasteiger partial charge in [-0.2, -0.15) is 0 Å². The van der Waals surface area contributed by atoms with E-state index in [1.54, 1.807) is 0 Å². The van der Waals surface area contributed by atoms with Crippen LogP contribution in [-0.2, 0) is 4.79 Å². The average Bonchev–Trinajstić information content (AvgIpc) is 2.93. The number of amides is 1. The lowest BCUT2D eigenvalue weighted by atomic mass is 10.2. The molecule has 0 saturated carbocycles. The number of anilines is 1. The molecule has 0 spiro atoms. The van der Waals surface area contributed by atoms with Crippen LogP contribution in [0.4, 0.5) is 5.69 Å². The lowest BCUT2D eigenvalue weighted by Crippen LogP contribution is -2.22. The van der Waals surface area contributed by atoms with E-state index in [2.05, 4.69) is 31.4 Å². The molecule has 3 rings (SSSR count). The largest absolute Gasteiger partial charge is 0.324 e. The molecule has 0 saturated heterocycles. The van der Waals surface area contributed by atoms with E-state index in [-0.39, 0.29) is 11.2 Å². The van der Waals surface area contributed by atoms with Crippen LogP contribution in [0, 0.1) is 6.92 Å². The van der Waals surface area contributed by atoms with Gasteiger partial charge in [0.25, 0.3) is 0 Å². The number of thioether (sulfide) groups is 1. The molecule has 1 atom stereocenters. The number of nitrogens with one attached hydrogen (secondary N) is 1. The van der Waals surface area contributed by atoms with E-state index in [0.717, 1.165) is 21.4 Å². The highest BCUT2D eigenvalue weighted by molar-refractivity contribution is 9.10. The molecule has 0 unspecified atom stereocenters. The lowest BCUT2D eigenvalue weighted by molar-refractivity contribution is -0.115. The average molecular weight is 391 g/mol. The molecule has 0 fully saturated rings. The molecule has 118 valence electrons. The van der Waals surface area contributed by atoms with Crippen LogP contribution < -0.4 is 5.32 Å². The van der Waals surface area contributed by atoms with Gasteiger partial charge >= 0.3 is 0 Å². The zero-order valence-electron chi connectivity index (χ0n) is 12.7. The Kier molecular flexibility index (Phi) is 4.68. The molecule has 0 aliphatic carbocycles. The van der Waals surface area contributed by atoms with Gasteiger partial charge in [-0.25, -0.2) is 0 Å². The summed E-state index contributed by atoms with van der Waals surface area (Å²) in [7, 11) is 0. The molecule has 2 aromatic heterocycles. The zero-order chi connectivity index (χ0) is 16.4. The highest BCUT2D eigenvalue weighted by Gasteiger charge is 2.18. The summed E-state index contributed by atoms with van der Waals surface area (Å²) in [5.74, 6) is -0.0766. The third-order valence-corrected chi connectivity index (χ3v) is 5.03. The predicted molar refractivity (Wildman–Crippen MR) is 95.8 cm³/mol. The summed E-state index contributed by atoms with van der Waals surface area (Å²) in [4.78, 5) is 12.4. The van der Waals surface area contributed by atoms with Crippen molar-refractivity contribution in [3.05, 3.63) is 52.6 Å². The van der Waals surface area contributed by atoms with Crippen molar-refractivity contribution in [2.24, 2.45) is 0 Å². The van der Waals surface area contributed by atoms with Crippen LogP contribution in [0.5, 0.6) is 0 Å². The quantitative estimate of drug-likeness (QED) is 0.685. The summed E-state index contributed by atoms with van der Waals surface area (Å²) >= 11 is 4.85. The van der Waals surface area contributed by atoms with E-state index < -0.39 is 0 Å². The number of carbonyl (C=O) groups excluding carboxylic acids is 1. The van der Waals surface area contributed by atoms with Gasteiger partial charge in [-0.3, -0.25) is 9.20 Å². The number of nitrogens with zero attached hydrogens (tertiary/aromatic N) is 3. The van der Waals surface area contributed by atoms with Crippen molar-refractivity contribution in [3.63, 3.8) is 0 Å². The standard InChI is InChI=1S/C16H15BrN4OS/c1-10-6-7-13(12(17)9-10)18-15(22)11(2)23-16-20-19-14-5-3-4-8-21(14)16/h3-9,11H,1-2H3,(H,18,22)/t11-/m0/s1. The first-order chi connectivity index (χ1) is 11.0. The first-order valence-corrected chi connectivity index (χ1v) is 8.75. The van der Waals surface area contributed by atoms with Crippen LogP contribution >= 0.6 is 27.7 Å². The van der Waals surface area contributed by atoms with Crippen molar-refractivity contribution in [1.29, 1.82) is 0 Å². The third-order valence-electron chi connectivity index (χ3n) is 3.32. The molecular formula is C16H15BrN4OS. The van der Waals surface area contributed by atoms with Crippen LogP contribution in [0.15, 0.2) is 52.2 Å². The molecule has 7 heteroatoms. The molecule has 2 heterocycles. The maximum Gasteiger partial charge on any atom is 0.237 e. The van der Waals surface area contributed by atoms with Crippen molar-refractivity contribution < 1.29 is 4.79 Å². The molecule has 3 aromatic rings. The number of carbonyl (C=O) groups is 1. The van der Waals surface area contributed by atoms with Gasteiger partial charge in [0.1, 0.15) is 0 Å². The van der Waals surface area contributed by atoms with Gasteiger partial charge in [0, 0.05) is 10.7 Å². The normalized spacial score (nSPS) is 12.3. The van der Waals surface area contributed by atoms with Crippen molar-refractivity contribution in [3.8, 4) is 0 Å². The fourth-order valence-electron chi connectivity index (χ4n) is 2.07. The maximum absolute atomic E-state index is 12.4. The van der Waals surface area contributed by atoms with Crippen LogP contribution in [0.25, 0.3) is 5.65 Å². The molecule has 23 heavy (non-hydrogen) atoms. The summed E-state index contributed by atoms with van der Waals surface area (Å²) in [5, 5.41) is 11.6. The van der Waals surface area contributed by atoms with Gasteiger partial charge < -0.3 is 5.32 Å². The summed E-state index contributed by atoms with van der Waals surface area (Å²) in [6.45, 7) is 3.86. The van der Waals surface area contributed by atoms with E-state index in [0.29, 0.717) is 5.16 Å². The second-order valence-electron chi connectivity index (χ2n) is 5.14. The molecule has 1 aromatic carbocycles. The minimum absolute atomic E-state index is 0.0766. The molecule has 0 bridgehead atoms. The minimum atomic E-state index is -0.296. The number of aryl methyl sites for hydroxylation is 1. The molecule has 0 radical (unpaired) electrons. The third kappa shape index (κ3) is 3.56. The Balaban J connectivity index is 1.72. The van der Waals surface area contributed by atoms with Crippen LogP contribution in [-0.4, -0.2) is 25.8 Å². The lowest BCUT2D eigenvalue weighted by Gasteiger charge is -2.12. The van der Waals surface area contributed by atoms with Crippen molar-refractivity contribution in [2.45, 2.75) is 24.3 Å². The SMILES string of the molecule is Cc1ccc(NC(=O)[C@H](C)Sc2nnc3ccccn23)c(Br)c1. The monoisotopic (exact) mass is 390 g/mol. The van der Waals surface area contributed by atoms with E-state index in [1.807, 2.05) is 60.8 Å². The van der Waals surface area contributed by atoms with Gasteiger partial charge in [-0.05, 0) is 59.6 Å². The first kappa shape index (κ1) is 16.0. The number of aromatic nitrogens is 3. The molecule has 0 aliphatic heterocycles. The Bertz CT molecular complexity index is 864. The van der Waals surface area contributed by atoms with Gasteiger partial charge in [0.2, 0.25) is 5.91 Å². The van der Waals surface area contributed by atoms with E-state index in [4.69, 9.17) is 0 Å². The molecule has 0 aliphatic rings. The van der Waals surface area contributed by atoms with Crippen molar-refractivity contribution in [1.82, 2.24) is 14.6 Å². The van der Waals surface area contributed by atoms with Gasteiger partial charge in [0.15, 0.2) is 10.8 Å². The van der Waals surface area contributed by atoms with Crippen LogP contribution in [0.1, 0.15) is 12.5 Å². The van der Waals surface area contributed by atoms with Gasteiger partial charge in [-0.1, -0.05) is 23.9 Å². The van der Waals surface area contributed by atoms with Crippen molar-refractivity contribution in [2.75, 3.05) is 5.32 Å². The summed E-state index contributed by atoms with van der Waals surface area (Å²) in [6.07, 6.45) is 1.89. The number of pyridine rings is 1. The number of fused-ring (bicyclic) bond motifs is 1. The molecular weight excluding hydrogens is 376 g/mol. The van der Waals surface area contributed by atoms with Gasteiger partial charge in [0.05, 0.1) is 10.9 Å². The van der Waals surface area contributed by atoms with E-state index in [9.17, 15) is 4.79 Å². The maximum atomic E-state index is 12.4. The Morgan fingerprint density at radius 3 is 2.91 bits per heavy atom. The minimum Gasteiger partial charge on any atom is -0.324 e. The Morgan fingerprint density at radius 2 is 2.13 bits per heavy atom. The smallest absolute Gasteiger partial charge is 0.237 e. The summed E-state index contributed by atoms with van der Waals surface area (Å²) in [5.41, 5.74) is 2.66. The Labute approximate surface area is 146 Å². The summed E-state index contributed by atoms with van der Waals surface area (Å²) < 4.78 is 2.74. The van der Waals surface area contributed by atoms with E-state index in [1.165, 1.54) is 11.8 Å². The number of hydrogen-bond donors (Lipinski definition) is 1. The van der Waals surface area contributed by atoms with Gasteiger partial charge in [-0.15, -0.1) is 10.2 Å². The second-order valence-corrected chi connectivity index (χ2v) is 7.31. The molecule has 5 nitrogen and oxygen atoms in total. The number of benzene rings is 1. The van der Waals surface area contributed by atoms with Crippen LogP contribution in [0.3, 0.4) is 0 Å². The number of halogens is 1. The Morgan fingerprint density at radius 1 is 1.30 bits per heavy atom. The zero-order valence-corrected chi connectivity index (χ0v) is 15.1. The second kappa shape index (κ2) is 6.72. The molecule has 1 N–H and O–H groups in total. The predicted octanol–water partition coefficient (Wildman–Crippen LogP) is 3.92. The summed E-state index contributed by atoms with van der Waals surface area (Å²) in [6, 6.07) is 11.5. The van der Waals surface area contributed by atoms with E-state index >= 15 is 0 Å². The fourth-order valence-corrected chi connectivity index (χ4v) is 3.50. The highest BCUT2D eigenvalue weighted by atomic mass is 79.9. The molecule has 1 amide bonds. The number of hydrogen-bond acceptors (Lipinski definition) is 4.